The number of phenolic OH excluding ortho intramolecular Hbond substituents is 2. The maximum Gasteiger partial charge on any atom is 0.125 e. The monoisotopic (exact) mass is 265 g/mol. The number of nitrogens with zero attached hydrogens (tertiary/aromatic N) is 1. The van der Waals surface area contributed by atoms with Crippen molar-refractivity contribution >= 4 is 11.4 Å². The third kappa shape index (κ3) is 2.81. The highest BCUT2D eigenvalue weighted by Crippen LogP contribution is 2.26. The number of aromatic hydroxyl groups is 2. The Hall–Kier alpha value is -2.73. The molecule has 0 unspecified atom stereocenters. The first-order valence-corrected chi connectivity index (χ1v) is 6.16. The van der Waals surface area contributed by atoms with Crippen LogP contribution < -0.4 is 0 Å². The standard InChI is InChI=1S/C17H15NO2/c1-4-13-5-7-15(17(20)10-13)12(3)18-16-8-6-14(19)9-11(16)2/h1,5-10,19-20H,2-3H3. The van der Waals surface area contributed by atoms with Gasteiger partial charge in [-0.2, -0.15) is 0 Å². The Balaban J connectivity index is 2.43. The van der Waals surface area contributed by atoms with Gasteiger partial charge in [0.15, 0.2) is 0 Å². The predicted molar refractivity (Wildman–Crippen MR) is 80.8 cm³/mol. The minimum absolute atomic E-state index is 0.109. The van der Waals surface area contributed by atoms with E-state index in [1.54, 1.807) is 30.3 Å². The Labute approximate surface area is 118 Å². The zero-order chi connectivity index (χ0) is 14.7. The third-order valence-corrected chi connectivity index (χ3v) is 3.02. The summed E-state index contributed by atoms with van der Waals surface area (Å²) < 4.78 is 0. The van der Waals surface area contributed by atoms with Gasteiger partial charge in [0.1, 0.15) is 11.5 Å². The van der Waals surface area contributed by atoms with Crippen molar-refractivity contribution in [2.24, 2.45) is 4.99 Å². The van der Waals surface area contributed by atoms with E-state index in [0.29, 0.717) is 16.8 Å². The van der Waals surface area contributed by atoms with Crippen LogP contribution in [0.1, 0.15) is 23.6 Å². The molecule has 2 rings (SSSR count). The van der Waals surface area contributed by atoms with E-state index in [9.17, 15) is 10.2 Å². The maximum absolute atomic E-state index is 9.97. The molecule has 0 bridgehead atoms. The van der Waals surface area contributed by atoms with Crippen molar-refractivity contribution in [3.8, 4) is 23.8 Å². The fourth-order valence-corrected chi connectivity index (χ4v) is 1.93. The molecule has 100 valence electrons. The van der Waals surface area contributed by atoms with Crippen LogP contribution in [0.5, 0.6) is 11.5 Å². The lowest BCUT2D eigenvalue weighted by atomic mass is 10.1. The van der Waals surface area contributed by atoms with E-state index in [2.05, 4.69) is 10.9 Å². The molecule has 0 aromatic heterocycles. The van der Waals surface area contributed by atoms with Gasteiger partial charge < -0.3 is 10.2 Å². The summed E-state index contributed by atoms with van der Waals surface area (Å²) in [6.45, 7) is 3.68. The van der Waals surface area contributed by atoms with Crippen LogP contribution in [0.4, 0.5) is 5.69 Å². The molecule has 0 spiro atoms. The fraction of sp³-hybridized carbons (Fsp3) is 0.118. The van der Waals surface area contributed by atoms with Crippen molar-refractivity contribution in [2.45, 2.75) is 13.8 Å². The Morgan fingerprint density at radius 1 is 1.15 bits per heavy atom. The maximum atomic E-state index is 9.97. The van der Waals surface area contributed by atoms with Crippen molar-refractivity contribution in [1.29, 1.82) is 0 Å². The lowest BCUT2D eigenvalue weighted by Crippen LogP contribution is -1.95. The summed E-state index contributed by atoms with van der Waals surface area (Å²) in [5, 5.41) is 19.4. The number of phenols is 2. The zero-order valence-electron chi connectivity index (χ0n) is 11.4. The number of rotatable bonds is 2. The van der Waals surface area contributed by atoms with Crippen LogP contribution in [0, 0.1) is 19.3 Å². The van der Waals surface area contributed by atoms with E-state index in [4.69, 9.17) is 6.42 Å². The highest BCUT2D eigenvalue weighted by molar-refractivity contribution is 6.02. The van der Waals surface area contributed by atoms with E-state index in [1.807, 2.05) is 13.8 Å². The Kier molecular flexibility index (Phi) is 3.76. The number of aliphatic imine (C=N–C) groups is 1. The van der Waals surface area contributed by atoms with E-state index >= 15 is 0 Å². The van der Waals surface area contributed by atoms with Gasteiger partial charge in [0.05, 0.1) is 5.69 Å². The van der Waals surface area contributed by atoms with Gasteiger partial charge in [-0.1, -0.05) is 5.92 Å². The van der Waals surface area contributed by atoms with Crippen LogP contribution >= 0.6 is 0 Å². The summed E-state index contributed by atoms with van der Waals surface area (Å²) in [5.74, 6) is 2.79. The molecule has 0 aliphatic carbocycles. The molecule has 0 saturated heterocycles. The van der Waals surface area contributed by atoms with Crippen molar-refractivity contribution in [3.05, 3.63) is 53.1 Å². The van der Waals surface area contributed by atoms with E-state index < -0.39 is 0 Å². The van der Waals surface area contributed by atoms with Gasteiger partial charge in [0, 0.05) is 16.8 Å². The summed E-state index contributed by atoms with van der Waals surface area (Å²) in [7, 11) is 0. The van der Waals surface area contributed by atoms with Crippen LogP contribution in [0.15, 0.2) is 41.4 Å². The Morgan fingerprint density at radius 2 is 1.90 bits per heavy atom. The minimum atomic E-state index is 0.109. The molecule has 20 heavy (non-hydrogen) atoms. The number of hydrogen-bond acceptors (Lipinski definition) is 3. The normalized spacial score (nSPS) is 11.2. The van der Waals surface area contributed by atoms with Crippen LogP contribution in [0.3, 0.4) is 0 Å². The first-order chi connectivity index (χ1) is 9.51. The van der Waals surface area contributed by atoms with Crippen molar-refractivity contribution < 1.29 is 10.2 Å². The largest absolute Gasteiger partial charge is 0.508 e. The molecule has 3 heteroatoms. The van der Waals surface area contributed by atoms with E-state index in [0.717, 1.165) is 11.3 Å². The van der Waals surface area contributed by atoms with Gasteiger partial charge in [-0.05, 0) is 55.8 Å². The Morgan fingerprint density at radius 3 is 2.50 bits per heavy atom. The Bertz CT molecular complexity index is 724. The molecular weight excluding hydrogens is 250 g/mol. The van der Waals surface area contributed by atoms with Gasteiger partial charge in [-0.25, -0.2) is 0 Å². The second-order valence-electron chi connectivity index (χ2n) is 4.54. The molecule has 0 fully saturated rings. The smallest absolute Gasteiger partial charge is 0.125 e. The molecule has 3 nitrogen and oxygen atoms in total. The second kappa shape index (κ2) is 5.50. The average molecular weight is 265 g/mol. The van der Waals surface area contributed by atoms with Gasteiger partial charge in [0.2, 0.25) is 0 Å². The summed E-state index contributed by atoms with van der Waals surface area (Å²) in [6.07, 6.45) is 5.29. The van der Waals surface area contributed by atoms with Gasteiger partial charge in [0.25, 0.3) is 0 Å². The van der Waals surface area contributed by atoms with Crippen LogP contribution in [-0.4, -0.2) is 15.9 Å². The number of hydrogen-bond donors (Lipinski definition) is 2. The SMILES string of the molecule is C#Cc1ccc(C(C)=Nc2ccc(O)cc2C)c(O)c1. The molecule has 0 aliphatic rings. The van der Waals surface area contributed by atoms with Crippen LogP contribution in [-0.2, 0) is 0 Å². The first-order valence-electron chi connectivity index (χ1n) is 6.16. The molecule has 2 aromatic carbocycles. The van der Waals surface area contributed by atoms with E-state index in [1.165, 1.54) is 6.07 Å². The molecule has 2 aromatic rings. The molecule has 0 atom stereocenters. The van der Waals surface area contributed by atoms with Crippen molar-refractivity contribution in [1.82, 2.24) is 0 Å². The summed E-state index contributed by atoms with van der Waals surface area (Å²) >= 11 is 0. The molecule has 0 saturated carbocycles. The molecule has 0 amide bonds. The third-order valence-electron chi connectivity index (χ3n) is 3.02. The quantitative estimate of drug-likeness (QED) is 0.644. The first kappa shape index (κ1) is 13.7. The second-order valence-corrected chi connectivity index (χ2v) is 4.54. The number of benzene rings is 2. The lowest BCUT2D eigenvalue weighted by Gasteiger charge is -2.07. The summed E-state index contributed by atoms with van der Waals surface area (Å²) in [5.41, 5.74) is 3.56. The molecular formula is C17H15NO2. The zero-order valence-corrected chi connectivity index (χ0v) is 11.4. The number of terminal acetylenes is 1. The minimum Gasteiger partial charge on any atom is -0.508 e. The van der Waals surface area contributed by atoms with Gasteiger partial charge in [-0.3, -0.25) is 4.99 Å². The van der Waals surface area contributed by atoms with Crippen molar-refractivity contribution in [3.63, 3.8) is 0 Å². The van der Waals surface area contributed by atoms with Gasteiger partial charge in [-0.15, -0.1) is 6.42 Å². The topological polar surface area (TPSA) is 52.8 Å². The lowest BCUT2D eigenvalue weighted by molar-refractivity contribution is 0.473. The molecule has 0 aliphatic heterocycles. The van der Waals surface area contributed by atoms with Crippen molar-refractivity contribution in [2.75, 3.05) is 0 Å². The highest BCUT2D eigenvalue weighted by atomic mass is 16.3. The molecule has 0 radical (unpaired) electrons. The molecule has 0 heterocycles. The number of aryl methyl sites for hydroxylation is 1. The highest BCUT2D eigenvalue weighted by Gasteiger charge is 2.06. The van der Waals surface area contributed by atoms with E-state index in [-0.39, 0.29) is 11.5 Å². The fourth-order valence-electron chi connectivity index (χ4n) is 1.93. The van der Waals surface area contributed by atoms with Crippen LogP contribution in [0.2, 0.25) is 0 Å². The van der Waals surface area contributed by atoms with Gasteiger partial charge >= 0.3 is 0 Å². The van der Waals surface area contributed by atoms with Crippen LogP contribution in [0.25, 0.3) is 0 Å². The predicted octanol–water partition coefficient (Wildman–Crippen LogP) is 3.53. The average Bonchev–Trinajstić information content (AvgIpc) is 2.41. The molecule has 2 N–H and O–H groups in total. The summed E-state index contributed by atoms with van der Waals surface area (Å²) in [4.78, 5) is 4.48. The summed E-state index contributed by atoms with van der Waals surface area (Å²) in [6, 6.07) is 10.0.